The summed E-state index contributed by atoms with van der Waals surface area (Å²) in [4.78, 5) is 39.7. The summed E-state index contributed by atoms with van der Waals surface area (Å²) in [6.45, 7) is 9.42. The van der Waals surface area contributed by atoms with Crippen LogP contribution in [0.1, 0.15) is 45.2 Å². The van der Waals surface area contributed by atoms with Crippen LogP contribution in [0.15, 0.2) is 53.3 Å². The van der Waals surface area contributed by atoms with Gasteiger partial charge in [0.2, 0.25) is 0 Å². The van der Waals surface area contributed by atoms with E-state index in [2.05, 4.69) is 10.2 Å². The number of primary amides is 1. The Kier molecular flexibility index (Phi) is 8.41. The fraction of sp³-hybridized carbons (Fsp3) is 0.464. The number of ether oxygens (including phenoxy) is 2. The van der Waals surface area contributed by atoms with Gasteiger partial charge >= 0.3 is 17.8 Å². The molecule has 1 aromatic heterocycles. The minimum absolute atomic E-state index is 0.0680. The first-order chi connectivity index (χ1) is 18.2. The van der Waals surface area contributed by atoms with Crippen LogP contribution in [0.2, 0.25) is 0 Å². The second-order valence-electron chi connectivity index (χ2n) is 10.2. The van der Waals surface area contributed by atoms with Gasteiger partial charge in [-0.15, -0.1) is 0 Å². The van der Waals surface area contributed by atoms with Gasteiger partial charge in [0.05, 0.1) is 11.0 Å². The zero-order valence-corrected chi connectivity index (χ0v) is 22.4. The van der Waals surface area contributed by atoms with Crippen LogP contribution >= 0.6 is 0 Å². The van der Waals surface area contributed by atoms with E-state index in [0.29, 0.717) is 25.2 Å². The molecule has 4 rings (SSSR count). The Morgan fingerprint density at radius 2 is 1.66 bits per heavy atom. The second-order valence-corrected chi connectivity index (χ2v) is 10.2. The minimum Gasteiger partial charge on any atom is -0.471 e. The van der Waals surface area contributed by atoms with Gasteiger partial charge in [0.15, 0.2) is 12.3 Å². The van der Waals surface area contributed by atoms with Gasteiger partial charge in [-0.05, 0) is 70.2 Å². The highest BCUT2D eigenvalue weighted by atomic mass is 16.6. The summed E-state index contributed by atoms with van der Waals surface area (Å²) < 4.78 is 14.4. The van der Waals surface area contributed by atoms with Gasteiger partial charge in [-0.3, -0.25) is 9.47 Å². The number of piperidine rings is 1. The number of para-hydroxylation sites is 3. The Hall–Kier alpha value is -3.79. The number of aromatic nitrogens is 2. The lowest BCUT2D eigenvalue weighted by Gasteiger charge is -2.39. The molecule has 0 bridgehead atoms. The maximum Gasteiger partial charge on any atom is 0.404 e. The molecule has 0 aliphatic carbocycles. The molecule has 3 aromatic rings. The maximum atomic E-state index is 13.1. The number of nitrogens with two attached hydrogens (primary N) is 1. The van der Waals surface area contributed by atoms with Crippen molar-refractivity contribution in [3.8, 4) is 5.75 Å². The summed E-state index contributed by atoms with van der Waals surface area (Å²) in [6.07, 6.45) is -0.310. The van der Waals surface area contributed by atoms with Crippen molar-refractivity contribution in [2.24, 2.45) is 11.7 Å². The minimum atomic E-state index is -0.845. The van der Waals surface area contributed by atoms with E-state index in [-0.39, 0.29) is 17.6 Å². The van der Waals surface area contributed by atoms with Gasteiger partial charge < -0.3 is 20.5 Å². The number of aryl methyl sites for hydroxylation is 1. The summed E-state index contributed by atoms with van der Waals surface area (Å²) >= 11 is 0. The first kappa shape index (κ1) is 27.3. The lowest BCUT2D eigenvalue weighted by atomic mass is 9.96. The number of amides is 2. The highest BCUT2D eigenvalue weighted by Crippen LogP contribution is 2.25. The van der Waals surface area contributed by atoms with E-state index in [1.807, 2.05) is 63.2 Å². The van der Waals surface area contributed by atoms with Gasteiger partial charge in [0, 0.05) is 25.7 Å². The van der Waals surface area contributed by atoms with Crippen LogP contribution in [0.4, 0.5) is 9.59 Å². The molecule has 0 saturated carbocycles. The number of nitrogens with zero attached hydrogens (tertiary/aromatic N) is 3. The van der Waals surface area contributed by atoms with E-state index in [0.717, 1.165) is 29.7 Å². The molecule has 1 fully saturated rings. The van der Waals surface area contributed by atoms with Crippen LogP contribution in [0.25, 0.3) is 11.0 Å². The first-order valence-corrected chi connectivity index (χ1v) is 13.1. The summed E-state index contributed by atoms with van der Waals surface area (Å²) in [5, 5.41) is 2.97. The average molecular weight is 524 g/mol. The molecule has 0 spiro atoms. The number of carbonyl (C=O) groups excluding carboxylic acids is 2. The summed E-state index contributed by atoms with van der Waals surface area (Å²) in [5.74, 6) is 0.952. The van der Waals surface area contributed by atoms with Gasteiger partial charge in [-0.1, -0.05) is 30.3 Å². The molecule has 2 unspecified atom stereocenters. The predicted molar refractivity (Wildman–Crippen MR) is 145 cm³/mol. The van der Waals surface area contributed by atoms with Crippen LogP contribution in [0, 0.1) is 12.8 Å². The fourth-order valence-corrected chi connectivity index (χ4v) is 5.12. The lowest BCUT2D eigenvalue weighted by Crippen LogP contribution is -2.52. The third-order valence-corrected chi connectivity index (χ3v) is 7.09. The Bertz CT molecular complexity index is 1340. The molecule has 1 aliphatic rings. The molecular weight excluding hydrogens is 486 g/mol. The van der Waals surface area contributed by atoms with E-state index >= 15 is 0 Å². The third-order valence-electron chi connectivity index (χ3n) is 7.09. The summed E-state index contributed by atoms with van der Waals surface area (Å²) in [7, 11) is 0. The van der Waals surface area contributed by atoms with Crippen LogP contribution in [-0.2, 0) is 4.74 Å². The summed E-state index contributed by atoms with van der Waals surface area (Å²) in [5.41, 5.74) is 7.26. The van der Waals surface area contributed by atoms with Gasteiger partial charge in [-0.25, -0.2) is 19.0 Å². The number of hydrogen-bond acceptors (Lipinski definition) is 6. The Morgan fingerprint density at radius 3 is 2.29 bits per heavy atom. The standard InChI is InChI=1S/C28H37N5O5/c1-18(2)32-22-10-6-7-11-23(22)33(28(32)36)27(35)30-17-21-13-15-31(16-14-21)25(20(4)37-26(29)34)38-24-12-8-5-9-19(24)3/h5-12,18,20-21,25H,13-17H2,1-4H3,(H2,29,34)(H,30,35). The third kappa shape index (κ3) is 5.85. The molecule has 10 nitrogen and oxygen atoms in total. The molecule has 2 atom stereocenters. The van der Waals surface area contributed by atoms with Crippen molar-refractivity contribution < 1.29 is 19.1 Å². The highest BCUT2D eigenvalue weighted by Gasteiger charge is 2.33. The average Bonchev–Trinajstić information content (AvgIpc) is 3.18. The summed E-state index contributed by atoms with van der Waals surface area (Å²) in [6, 6.07) is 14.5. The molecule has 204 valence electrons. The van der Waals surface area contributed by atoms with Gasteiger partial charge in [0.1, 0.15) is 5.75 Å². The second kappa shape index (κ2) is 11.7. The Morgan fingerprint density at radius 1 is 1.03 bits per heavy atom. The molecule has 2 amide bonds. The van der Waals surface area contributed by atoms with E-state index in [1.54, 1.807) is 17.6 Å². The number of nitrogens with one attached hydrogen (secondary N) is 1. The largest absolute Gasteiger partial charge is 0.471 e. The van der Waals surface area contributed by atoms with Gasteiger partial charge in [0.25, 0.3) is 0 Å². The van der Waals surface area contributed by atoms with E-state index in [4.69, 9.17) is 15.2 Å². The number of hydrogen-bond donors (Lipinski definition) is 2. The molecule has 38 heavy (non-hydrogen) atoms. The van der Waals surface area contributed by atoms with Crippen molar-refractivity contribution in [3.63, 3.8) is 0 Å². The van der Waals surface area contributed by atoms with Crippen LogP contribution in [0.5, 0.6) is 5.75 Å². The predicted octanol–water partition coefficient (Wildman–Crippen LogP) is 3.85. The SMILES string of the molecule is Cc1ccccc1OC(C(C)OC(N)=O)N1CCC(CNC(=O)n2c(=O)n(C(C)C)c3ccccc32)CC1. The molecule has 0 radical (unpaired) electrons. The Labute approximate surface area is 222 Å². The number of fused-ring (bicyclic) bond motifs is 1. The van der Waals surface area contributed by atoms with E-state index in [1.165, 1.54) is 4.57 Å². The van der Waals surface area contributed by atoms with Crippen LogP contribution in [0.3, 0.4) is 0 Å². The molecule has 1 aliphatic heterocycles. The number of benzene rings is 2. The first-order valence-electron chi connectivity index (χ1n) is 13.1. The molecule has 2 aromatic carbocycles. The van der Waals surface area contributed by atoms with Crippen LogP contribution < -0.4 is 21.5 Å². The van der Waals surface area contributed by atoms with Crippen molar-refractivity contribution in [1.82, 2.24) is 19.4 Å². The molecular formula is C28H37N5O5. The Balaban J connectivity index is 1.40. The van der Waals surface area contributed by atoms with Crippen molar-refractivity contribution >= 4 is 23.2 Å². The van der Waals surface area contributed by atoms with Crippen molar-refractivity contribution in [2.45, 2.75) is 58.9 Å². The molecule has 1 saturated heterocycles. The van der Waals surface area contributed by atoms with Crippen LogP contribution in [-0.4, -0.2) is 58.1 Å². The normalized spacial score (nSPS) is 16.3. The number of imidazole rings is 1. The maximum absolute atomic E-state index is 13.1. The fourth-order valence-electron chi connectivity index (χ4n) is 5.12. The molecule has 10 heteroatoms. The zero-order valence-electron chi connectivity index (χ0n) is 22.4. The van der Waals surface area contributed by atoms with E-state index in [9.17, 15) is 14.4 Å². The topological polar surface area (TPSA) is 121 Å². The van der Waals surface area contributed by atoms with Crippen molar-refractivity contribution in [2.75, 3.05) is 19.6 Å². The van der Waals surface area contributed by atoms with Crippen molar-refractivity contribution in [1.29, 1.82) is 0 Å². The number of rotatable bonds is 8. The highest BCUT2D eigenvalue weighted by molar-refractivity contribution is 5.89. The smallest absolute Gasteiger partial charge is 0.404 e. The van der Waals surface area contributed by atoms with Crippen molar-refractivity contribution in [3.05, 3.63) is 64.6 Å². The number of likely N-dealkylation sites (tertiary alicyclic amines) is 1. The van der Waals surface area contributed by atoms with E-state index < -0.39 is 24.5 Å². The quantitative estimate of drug-likeness (QED) is 0.463. The zero-order chi connectivity index (χ0) is 27.4. The van der Waals surface area contributed by atoms with Gasteiger partial charge in [-0.2, -0.15) is 0 Å². The molecule has 3 N–H and O–H groups in total. The lowest BCUT2D eigenvalue weighted by molar-refractivity contribution is -0.0730. The molecule has 2 heterocycles. The number of carbonyl (C=O) groups is 2. The monoisotopic (exact) mass is 523 g/mol.